The van der Waals surface area contributed by atoms with Crippen molar-refractivity contribution in [3.8, 4) is 5.75 Å². The Hall–Kier alpha value is -2.81. The van der Waals surface area contributed by atoms with Crippen molar-refractivity contribution in [1.82, 2.24) is 19.6 Å². The SMILES string of the molecule is O=C(Nc1ccn(Cc2ccc(Cl)cc2)n1)c1ccn(COc2ccc(Br)cc2Cl)n1. The van der Waals surface area contributed by atoms with Gasteiger partial charge in [-0.15, -0.1) is 0 Å². The van der Waals surface area contributed by atoms with Crippen molar-refractivity contribution in [3.63, 3.8) is 0 Å². The summed E-state index contributed by atoms with van der Waals surface area (Å²) in [5, 5.41) is 12.5. The van der Waals surface area contributed by atoms with Crippen molar-refractivity contribution >= 4 is 50.9 Å². The number of hydrogen-bond donors (Lipinski definition) is 1. The molecule has 1 amide bonds. The Labute approximate surface area is 196 Å². The van der Waals surface area contributed by atoms with E-state index in [1.807, 2.05) is 30.3 Å². The third-order valence-corrected chi connectivity index (χ3v) is 5.30. The molecule has 0 atom stereocenters. The summed E-state index contributed by atoms with van der Waals surface area (Å²) in [5.41, 5.74) is 1.30. The molecule has 4 aromatic rings. The van der Waals surface area contributed by atoms with Crippen LogP contribution in [0, 0.1) is 0 Å². The van der Waals surface area contributed by atoms with E-state index >= 15 is 0 Å². The van der Waals surface area contributed by atoms with Crippen molar-refractivity contribution in [2.75, 3.05) is 5.32 Å². The van der Waals surface area contributed by atoms with Crippen LogP contribution >= 0.6 is 39.1 Å². The fraction of sp³-hybridized carbons (Fsp3) is 0.0952. The highest BCUT2D eigenvalue weighted by Gasteiger charge is 2.12. The number of anilines is 1. The molecule has 1 N–H and O–H groups in total. The molecule has 7 nitrogen and oxygen atoms in total. The van der Waals surface area contributed by atoms with E-state index in [-0.39, 0.29) is 18.3 Å². The summed E-state index contributed by atoms with van der Waals surface area (Å²) in [6.45, 7) is 0.683. The fourth-order valence-electron chi connectivity index (χ4n) is 2.76. The summed E-state index contributed by atoms with van der Waals surface area (Å²) in [5.74, 6) is 0.598. The number of rotatable bonds is 7. The van der Waals surface area contributed by atoms with E-state index < -0.39 is 0 Å². The molecule has 2 aromatic heterocycles. The average Bonchev–Trinajstić information content (AvgIpc) is 3.39. The Balaban J connectivity index is 1.33. The molecule has 2 aromatic carbocycles. The lowest BCUT2D eigenvalue weighted by molar-refractivity contribution is 0.101. The molecule has 0 aliphatic heterocycles. The molecule has 4 rings (SSSR count). The predicted molar refractivity (Wildman–Crippen MR) is 123 cm³/mol. The second kappa shape index (κ2) is 9.55. The number of halogens is 3. The zero-order valence-corrected chi connectivity index (χ0v) is 19.1. The first-order valence-electron chi connectivity index (χ1n) is 9.17. The van der Waals surface area contributed by atoms with Gasteiger partial charge in [-0.1, -0.05) is 51.3 Å². The molecule has 0 spiro atoms. The molecule has 10 heteroatoms. The van der Waals surface area contributed by atoms with Gasteiger partial charge in [0.05, 0.1) is 11.6 Å². The molecule has 0 unspecified atom stereocenters. The summed E-state index contributed by atoms with van der Waals surface area (Å²) >= 11 is 15.4. The predicted octanol–water partition coefficient (Wildman–Crippen LogP) is 5.49. The first kappa shape index (κ1) is 21.4. The summed E-state index contributed by atoms with van der Waals surface area (Å²) < 4.78 is 9.74. The van der Waals surface area contributed by atoms with E-state index in [1.54, 1.807) is 41.3 Å². The number of aromatic nitrogens is 4. The van der Waals surface area contributed by atoms with Crippen LogP contribution in [0.5, 0.6) is 5.75 Å². The number of ether oxygens (including phenoxy) is 1. The Bertz CT molecular complexity index is 1210. The summed E-state index contributed by atoms with van der Waals surface area (Å²) in [6, 6.07) is 16.2. The van der Waals surface area contributed by atoms with Gasteiger partial charge in [-0.05, 0) is 42.0 Å². The number of nitrogens with one attached hydrogen (secondary N) is 1. The summed E-state index contributed by atoms with van der Waals surface area (Å²) in [4.78, 5) is 12.5. The van der Waals surface area contributed by atoms with Crippen molar-refractivity contribution in [2.45, 2.75) is 13.3 Å². The number of nitrogens with zero attached hydrogens (tertiary/aromatic N) is 4. The number of hydrogen-bond acceptors (Lipinski definition) is 4. The quantitative estimate of drug-likeness (QED) is 0.350. The van der Waals surface area contributed by atoms with E-state index in [0.717, 1.165) is 10.0 Å². The number of amides is 1. The lowest BCUT2D eigenvalue weighted by atomic mass is 10.2. The Morgan fingerprint density at radius 1 is 1.00 bits per heavy atom. The minimum atomic E-state index is -0.364. The van der Waals surface area contributed by atoms with Crippen LogP contribution in [-0.4, -0.2) is 25.5 Å². The van der Waals surface area contributed by atoms with Crippen LogP contribution in [0.15, 0.2) is 71.5 Å². The molecular formula is C21H16BrCl2N5O2. The van der Waals surface area contributed by atoms with Crippen molar-refractivity contribution < 1.29 is 9.53 Å². The summed E-state index contributed by atoms with van der Waals surface area (Å²) in [7, 11) is 0. The summed E-state index contributed by atoms with van der Waals surface area (Å²) in [6.07, 6.45) is 3.44. The molecule has 0 aliphatic rings. The Morgan fingerprint density at radius 2 is 1.77 bits per heavy atom. The molecule has 0 saturated carbocycles. The van der Waals surface area contributed by atoms with Gasteiger partial charge in [-0.2, -0.15) is 10.2 Å². The molecule has 158 valence electrons. The van der Waals surface area contributed by atoms with Crippen LogP contribution in [0.1, 0.15) is 16.1 Å². The highest BCUT2D eigenvalue weighted by Crippen LogP contribution is 2.27. The molecule has 0 radical (unpaired) electrons. The maximum atomic E-state index is 12.5. The highest BCUT2D eigenvalue weighted by atomic mass is 79.9. The number of carbonyl (C=O) groups excluding carboxylic acids is 1. The smallest absolute Gasteiger partial charge is 0.277 e. The minimum absolute atomic E-state index is 0.115. The van der Waals surface area contributed by atoms with Gasteiger partial charge in [-0.3, -0.25) is 9.48 Å². The highest BCUT2D eigenvalue weighted by molar-refractivity contribution is 9.10. The van der Waals surface area contributed by atoms with Crippen LogP contribution in [-0.2, 0) is 13.3 Å². The van der Waals surface area contributed by atoms with Crippen LogP contribution < -0.4 is 10.1 Å². The first-order valence-corrected chi connectivity index (χ1v) is 10.7. The molecule has 31 heavy (non-hydrogen) atoms. The lowest BCUT2D eigenvalue weighted by Crippen LogP contribution is -2.15. The van der Waals surface area contributed by atoms with Crippen LogP contribution in [0.25, 0.3) is 0 Å². The van der Waals surface area contributed by atoms with E-state index in [9.17, 15) is 4.79 Å². The van der Waals surface area contributed by atoms with E-state index in [1.165, 1.54) is 4.68 Å². The largest absolute Gasteiger partial charge is 0.470 e. The van der Waals surface area contributed by atoms with Gasteiger partial charge in [0.2, 0.25) is 0 Å². The third kappa shape index (κ3) is 5.66. The maximum Gasteiger partial charge on any atom is 0.277 e. The molecular weight excluding hydrogens is 505 g/mol. The van der Waals surface area contributed by atoms with Gasteiger partial charge < -0.3 is 10.1 Å². The van der Waals surface area contributed by atoms with Crippen molar-refractivity contribution in [2.24, 2.45) is 0 Å². The first-order chi connectivity index (χ1) is 15.0. The Morgan fingerprint density at radius 3 is 2.55 bits per heavy atom. The third-order valence-electron chi connectivity index (χ3n) is 4.26. The van der Waals surface area contributed by atoms with E-state index in [4.69, 9.17) is 27.9 Å². The van der Waals surface area contributed by atoms with Gasteiger partial charge in [-0.25, -0.2) is 4.68 Å². The van der Waals surface area contributed by atoms with E-state index in [2.05, 4.69) is 31.4 Å². The standard InChI is InChI=1S/C21H16BrCl2N5O2/c22-15-3-6-19(17(24)11-15)31-13-29-9-7-18(26-29)21(30)25-20-8-10-28(27-20)12-14-1-4-16(23)5-2-14/h1-11H,12-13H2,(H,25,27,30). The molecule has 0 saturated heterocycles. The Kier molecular flexibility index (Phi) is 6.60. The second-order valence-electron chi connectivity index (χ2n) is 6.57. The van der Waals surface area contributed by atoms with Gasteiger partial charge in [0.15, 0.2) is 18.2 Å². The van der Waals surface area contributed by atoms with Gasteiger partial charge in [0, 0.05) is 28.0 Å². The number of carbonyl (C=O) groups is 1. The van der Waals surface area contributed by atoms with Gasteiger partial charge in [0.25, 0.3) is 5.91 Å². The van der Waals surface area contributed by atoms with Crippen LogP contribution in [0.4, 0.5) is 5.82 Å². The zero-order valence-electron chi connectivity index (χ0n) is 16.0. The second-order valence-corrected chi connectivity index (χ2v) is 8.33. The lowest BCUT2D eigenvalue weighted by Gasteiger charge is -2.08. The molecule has 0 aliphatic carbocycles. The molecule has 0 fully saturated rings. The van der Waals surface area contributed by atoms with Crippen LogP contribution in [0.3, 0.4) is 0 Å². The van der Waals surface area contributed by atoms with Gasteiger partial charge in [0.1, 0.15) is 5.75 Å². The molecule has 0 bridgehead atoms. The monoisotopic (exact) mass is 519 g/mol. The average molecular weight is 521 g/mol. The minimum Gasteiger partial charge on any atom is -0.470 e. The number of benzene rings is 2. The van der Waals surface area contributed by atoms with Gasteiger partial charge >= 0.3 is 0 Å². The molecule has 2 heterocycles. The van der Waals surface area contributed by atoms with Crippen LogP contribution in [0.2, 0.25) is 10.0 Å². The fourth-order valence-corrected chi connectivity index (χ4v) is 3.61. The van der Waals surface area contributed by atoms with Crippen molar-refractivity contribution in [3.05, 3.63) is 92.8 Å². The normalized spacial score (nSPS) is 10.8. The topological polar surface area (TPSA) is 74.0 Å². The van der Waals surface area contributed by atoms with Crippen molar-refractivity contribution in [1.29, 1.82) is 0 Å². The maximum absolute atomic E-state index is 12.5. The zero-order chi connectivity index (χ0) is 21.8. The van der Waals surface area contributed by atoms with E-state index in [0.29, 0.717) is 28.2 Å².